The number of nitrogens with one attached hydrogen (secondary N) is 1. The summed E-state index contributed by atoms with van der Waals surface area (Å²) in [6.07, 6.45) is 5.22. The molecular weight excluding hydrogens is 188 g/mol. The molecule has 1 atom stereocenters. The van der Waals surface area contributed by atoms with Gasteiger partial charge in [0.25, 0.3) is 0 Å². The van der Waals surface area contributed by atoms with E-state index in [-0.39, 0.29) is 5.54 Å². The lowest BCUT2D eigenvalue weighted by molar-refractivity contribution is 0.0505. The maximum atomic E-state index is 9.29. The van der Waals surface area contributed by atoms with Gasteiger partial charge in [0.15, 0.2) is 0 Å². The van der Waals surface area contributed by atoms with Gasteiger partial charge in [-0.1, -0.05) is 6.92 Å². The quantitative estimate of drug-likeness (QED) is 0.774. The first-order valence-electron chi connectivity index (χ1n) is 5.87. The molecule has 3 heteroatoms. The molecule has 86 valence electrons. The first-order valence-corrected chi connectivity index (χ1v) is 5.87. The van der Waals surface area contributed by atoms with Gasteiger partial charge in [0.05, 0.1) is 12.2 Å². The molecule has 1 rings (SSSR count). The maximum Gasteiger partial charge on any atom is 0.107 e. The first-order chi connectivity index (χ1) is 7.15. The van der Waals surface area contributed by atoms with Crippen LogP contribution in [0.25, 0.3) is 0 Å². The zero-order chi connectivity index (χ0) is 11.3. The van der Waals surface area contributed by atoms with Crippen LogP contribution in [0.15, 0.2) is 0 Å². The highest BCUT2D eigenvalue weighted by atomic mass is 16.5. The average Bonchev–Trinajstić information content (AvgIpc) is 2.30. The summed E-state index contributed by atoms with van der Waals surface area (Å²) in [6, 6.07) is 2.88. The summed E-state index contributed by atoms with van der Waals surface area (Å²) in [4.78, 5) is 0. The van der Waals surface area contributed by atoms with Crippen molar-refractivity contribution in [2.45, 2.75) is 63.6 Å². The summed E-state index contributed by atoms with van der Waals surface area (Å²) in [7, 11) is 1.76. The number of nitriles is 1. The Bertz CT molecular complexity index is 226. The van der Waals surface area contributed by atoms with Crippen LogP contribution in [0, 0.1) is 11.3 Å². The van der Waals surface area contributed by atoms with E-state index in [1.165, 1.54) is 0 Å². The molecule has 0 aliphatic heterocycles. The lowest BCUT2D eigenvalue weighted by atomic mass is 9.81. The summed E-state index contributed by atoms with van der Waals surface area (Å²) in [5.74, 6) is 0. The molecule has 0 saturated heterocycles. The van der Waals surface area contributed by atoms with E-state index in [2.05, 4.69) is 25.2 Å². The van der Waals surface area contributed by atoms with Crippen LogP contribution in [-0.2, 0) is 4.74 Å². The zero-order valence-corrected chi connectivity index (χ0v) is 10.0. The predicted octanol–water partition coefficient (Wildman–Crippen LogP) is 2.23. The third-order valence-electron chi connectivity index (χ3n) is 3.47. The fourth-order valence-corrected chi connectivity index (χ4v) is 2.18. The van der Waals surface area contributed by atoms with E-state index in [1.54, 1.807) is 7.11 Å². The molecule has 0 aromatic carbocycles. The van der Waals surface area contributed by atoms with Crippen LogP contribution in [-0.4, -0.2) is 24.8 Å². The van der Waals surface area contributed by atoms with E-state index in [0.717, 1.165) is 32.1 Å². The topological polar surface area (TPSA) is 45.0 Å². The second-order valence-electron chi connectivity index (χ2n) is 4.58. The van der Waals surface area contributed by atoms with Crippen molar-refractivity contribution in [3.63, 3.8) is 0 Å². The van der Waals surface area contributed by atoms with Gasteiger partial charge in [0, 0.05) is 13.2 Å². The molecule has 0 heterocycles. The smallest absolute Gasteiger partial charge is 0.107 e. The molecule has 0 radical (unpaired) electrons. The van der Waals surface area contributed by atoms with Gasteiger partial charge in [0.1, 0.15) is 5.54 Å². The molecular formula is C12H22N2O. The van der Waals surface area contributed by atoms with Crippen LogP contribution in [0.3, 0.4) is 0 Å². The Balaban J connectivity index is 2.53. The van der Waals surface area contributed by atoms with E-state index in [4.69, 9.17) is 4.74 Å². The zero-order valence-electron chi connectivity index (χ0n) is 10.0. The van der Waals surface area contributed by atoms with Crippen LogP contribution in [0.5, 0.6) is 0 Å². The molecule has 1 aliphatic carbocycles. The molecule has 0 amide bonds. The molecule has 1 fully saturated rings. The molecule has 1 aliphatic rings. The lowest BCUT2D eigenvalue weighted by Gasteiger charge is -2.37. The fraction of sp³-hybridized carbons (Fsp3) is 0.917. The first kappa shape index (κ1) is 12.5. The highest BCUT2D eigenvalue weighted by Gasteiger charge is 2.35. The number of nitrogens with zero attached hydrogens (tertiary/aromatic N) is 1. The molecule has 0 aromatic heterocycles. The largest absolute Gasteiger partial charge is 0.381 e. The van der Waals surface area contributed by atoms with Gasteiger partial charge in [-0.2, -0.15) is 5.26 Å². The van der Waals surface area contributed by atoms with Crippen molar-refractivity contribution < 1.29 is 4.74 Å². The van der Waals surface area contributed by atoms with Gasteiger partial charge in [-0.25, -0.2) is 0 Å². The van der Waals surface area contributed by atoms with Gasteiger partial charge in [0.2, 0.25) is 0 Å². The minimum Gasteiger partial charge on any atom is -0.381 e. The highest BCUT2D eigenvalue weighted by molar-refractivity contribution is 5.10. The maximum absolute atomic E-state index is 9.29. The Labute approximate surface area is 92.8 Å². The summed E-state index contributed by atoms with van der Waals surface area (Å²) in [6.45, 7) is 4.28. The molecule has 0 bridgehead atoms. The van der Waals surface area contributed by atoms with E-state index in [9.17, 15) is 5.26 Å². The predicted molar refractivity (Wildman–Crippen MR) is 60.5 cm³/mol. The van der Waals surface area contributed by atoms with E-state index >= 15 is 0 Å². The van der Waals surface area contributed by atoms with E-state index < -0.39 is 0 Å². The Kier molecular flexibility index (Phi) is 4.56. The summed E-state index contributed by atoms with van der Waals surface area (Å²) < 4.78 is 5.32. The van der Waals surface area contributed by atoms with Crippen LogP contribution in [0.2, 0.25) is 0 Å². The minimum absolute atomic E-state index is 0.301. The second kappa shape index (κ2) is 5.48. The molecule has 0 aromatic rings. The van der Waals surface area contributed by atoms with Gasteiger partial charge in [-0.3, -0.25) is 5.32 Å². The number of ether oxygens (including phenoxy) is 1. The van der Waals surface area contributed by atoms with Gasteiger partial charge < -0.3 is 4.74 Å². The molecule has 15 heavy (non-hydrogen) atoms. The van der Waals surface area contributed by atoms with Crippen LogP contribution in [0.4, 0.5) is 0 Å². The van der Waals surface area contributed by atoms with Gasteiger partial charge in [-0.15, -0.1) is 0 Å². The van der Waals surface area contributed by atoms with Crippen molar-refractivity contribution in [2.75, 3.05) is 7.11 Å². The third kappa shape index (κ3) is 3.19. The normalized spacial score (nSPS) is 33.3. The second-order valence-corrected chi connectivity index (χ2v) is 4.58. The Morgan fingerprint density at radius 3 is 2.53 bits per heavy atom. The van der Waals surface area contributed by atoms with E-state index in [0.29, 0.717) is 12.1 Å². The summed E-state index contributed by atoms with van der Waals surface area (Å²) in [5.41, 5.74) is -0.301. The number of methoxy groups -OCH3 is 1. The molecule has 1 unspecified atom stereocenters. The van der Waals surface area contributed by atoms with Crippen LogP contribution in [0.1, 0.15) is 46.0 Å². The lowest BCUT2D eigenvalue weighted by Crippen LogP contribution is -2.51. The highest BCUT2D eigenvalue weighted by Crippen LogP contribution is 2.29. The van der Waals surface area contributed by atoms with Gasteiger partial charge >= 0.3 is 0 Å². The monoisotopic (exact) mass is 210 g/mol. The molecule has 1 N–H and O–H groups in total. The molecule has 0 spiro atoms. The molecule has 3 nitrogen and oxygen atoms in total. The van der Waals surface area contributed by atoms with Crippen molar-refractivity contribution in [1.82, 2.24) is 5.32 Å². The van der Waals surface area contributed by atoms with Crippen molar-refractivity contribution >= 4 is 0 Å². The van der Waals surface area contributed by atoms with Gasteiger partial charge in [-0.05, 0) is 39.0 Å². The van der Waals surface area contributed by atoms with Crippen LogP contribution < -0.4 is 5.32 Å². The SMILES string of the molecule is CCC(C)NC1(C#N)CCC(OC)CC1. The number of hydrogen-bond donors (Lipinski definition) is 1. The van der Waals surface area contributed by atoms with E-state index in [1.807, 2.05) is 0 Å². The fourth-order valence-electron chi connectivity index (χ4n) is 2.18. The summed E-state index contributed by atoms with van der Waals surface area (Å²) in [5, 5.41) is 12.8. The standard InChI is InChI=1S/C12H22N2O/c1-4-10(2)14-12(9-13)7-5-11(15-3)6-8-12/h10-11,14H,4-8H2,1-3H3. The summed E-state index contributed by atoms with van der Waals surface area (Å²) >= 11 is 0. The van der Waals surface area contributed by atoms with Crippen molar-refractivity contribution in [3.8, 4) is 6.07 Å². The third-order valence-corrected chi connectivity index (χ3v) is 3.47. The minimum atomic E-state index is -0.301. The van der Waals surface area contributed by atoms with Crippen molar-refractivity contribution in [2.24, 2.45) is 0 Å². The number of rotatable bonds is 4. The molecule has 1 saturated carbocycles. The number of hydrogen-bond acceptors (Lipinski definition) is 3. The van der Waals surface area contributed by atoms with Crippen LogP contribution >= 0.6 is 0 Å². The Hall–Kier alpha value is -0.590. The average molecular weight is 210 g/mol. The van der Waals surface area contributed by atoms with Crippen molar-refractivity contribution in [3.05, 3.63) is 0 Å². The Morgan fingerprint density at radius 2 is 2.13 bits per heavy atom. The van der Waals surface area contributed by atoms with Crippen molar-refractivity contribution in [1.29, 1.82) is 5.26 Å². The Morgan fingerprint density at radius 1 is 1.53 bits per heavy atom.